The van der Waals surface area contributed by atoms with E-state index in [-0.39, 0.29) is 23.6 Å². The lowest BCUT2D eigenvalue weighted by Gasteiger charge is -2.25. The van der Waals surface area contributed by atoms with Gasteiger partial charge in [0.15, 0.2) is 11.0 Å². The Bertz CT molecular complexity index is 1190. The van der Waals surface area contributed by atoms with E-state index in [1.54, 1.807) is 30.3 Å². The van der Waals surface area contributed by atoms with E-state index in [1.807, 2.05) is 40.7 Å². The summed E-state index contributed by atoms with van der Waals surface area (Å²) in [6.07, 6.45) is 3.48. The lowest BCUT2D eigenvalue weighted by molar-refractivity contribution is -0.113. The van der Waals surface area contributed by atoms with Crippen LogP contribution < -0.4 is 5.32 Å². The third kappa shape index (κ3) is 5.51. The standard InChI is InChI=1S/C25H26ClN5O2S/c1-3-13-31-23(21-8-5-14-30(21)24(33)18-7-4-6-17(2)15-18)28-29-25(31)34-16-22(32)27-20-11-9-19(26)10-12-20/h3-4,6-7,9-12,15,21H,1,5,8,13-14,16H2,2H3,(H,27,32). The van der Waals surface area contributed by atoms with Crippen LogP contribution >= 0.6 is 23.4 Å². The number of hydrogen-bond donors (Lipinski definition) is 1. The number of thioether (sulfide) groups is 1. The van der Waals surface area contributed by atoms with Crippen molar-refractivity contribution in [2.45, 2.75) is 37.5 Å². The molecule has 3 aromatic rings. The molecule has 1 N–H and O–H groups in total. The number of amides is 2. The molecule has 1 atom stereocenters. The molecule has 2 aromatic carbocycles. The first-order valence-corrected chi connectivity index (χ1v) is 12.4. The molecule has 0 saturated carbocycles. The van der Waals surface area contributed by atoms with E-state index in [0.29, 0.717) is 34.5 Å². The third-order valence-corrected chi connectivity index (χ3v) is 6.81. The molecular formula is C25H26ClN5O2S. The van der Waals surface area contributed by atoms with Gasteiger partial charge < -0.3 is 14.8 Å². The number of hydrogen-bond acceptors (Lipinski definition) is 5. The average Bonchev–Trinajstić information content (AvgIpc) is 3.46. The fraction of sp³-hybridized carbons (Fsp3) is 0.280. The summed E-state index contributed by atoms with van der Waals surface area (Å²) in [5.74, 6) is 0.739. The third-order valence-electron chi connectivity index (χ3n) is 5.59. The van der Waals surface area contributed by atoms with E-state index in [1.165, 1.54) is 11.8 Å². The number of carbonyl (C=O) groups is 2. The number of allylic oxidation sites excluding steroid dienone is 1. The molecule has 9 heteroatoms. The molecule has 1 fully saturated rings. The number of anilines is 1. The normalized spacial score (nSPS) is 15.4. The van der Waals surface area contributed by atoms with Gasteiger partial charge in [-0.05, 0) is 56.2 Å². The summed E-state index contributed by atoms with van der Waals surface area (Å²) in [7, 11) is 0. The lowest BCUT2D eigenvalue weighted by Crippen LogP contribution is -2.32. The summed E-state index contributed by atoms with van der Waals surface area (Å²) in [6, 6.07) is 14.4. The van der Waals surface area contributed by atoms with Crippen LogP contribution in [0.4, 0.5) is 5.69 Å². The molecule has 0 bridgehead atoms. The van der Waals surface area contributed by atoms with Crippen LogP contribution in [0.15, 0.2) is 66.3 Å². The second-order valence-corrected chi connectivity index (χ2v) is 9.49. The first-order valence-electron chi connectivity index (χ1n) is 11.1. The highest BCUT2D eigenvalue weighted by molar-refractivity contribution is 7.99. The number of aromatic nitrogens is 3. The molecule has 0 radical (unpaired) electrons. The number of carbonyl (C=O) groups excluding carboxylic acids is 2. The zero-order valence-corrected chi connectivity index (χ0v) is 20.5. The largest absolute Gasteiger partial charge is 0.328 e. The van der Waals surface area contributed by atoms with Crippen molar-refractivity contribution in [3.05, 3.63) is 83.2 Å². The van der Waals surface area contributed by atoms with E-state index in [0.717, 1.165) is 24.2 Å². The molecule has 1 saturated heterocycles. The van der Waals surface area contributed by atoms with E-state index < -0.39 is 0 Å². The van der Waals surface area contributed by atoms with Gasteiger partial charge >= 0.3 is 0 Å². The predicted molar refractivity (Wildman–Crippen MR) is 135 cm³/mol. The molecule has 0 spiro atoms. The number of likely N-dealkylation sites (tertiary alicyclic amines) is 1. The van der Waals surface area contributed by atoms with Crippen molar-refractivity contribution in [2.24, 2.45) is 0 Å². The van der Waals surface area contributed by atoms with Gasteiger partial charge in [0.2, 0.25) is 5.91 Å². The van der Waals surface area contributed by atoms with Crippen LogP contribution in [-0.4, -0.2) is 43.8 Å². The smallest absolute Gasteiger partial charge is 0.254 e. The minimum Gasteiger partial charge on any atom is -0.328 e. The van der Waals surface area contributed by atoms with Gasteiger partial charge in [0, 0.05) is 29.4 Å². The Balaban J connectivity index is 1.48. The van der Waals surface area contributed by atoms with Gasteiger partial charge in [0.25, 0.3) is 5.91 Å². The van der Waals surface area contributed by atoms with Gasteiger partial charge in [-0.15, -0.1) is 16.8 Å². The Morgan fingerprint density at radius 1 is 1.24 bits per heavy atom. The molecular weight excluding hydrogens is 470 g/mol. The summed E-state index contributed by atoms with van der Waals surface area (Å²) in [6.45, 7) is 7.00. The van der Waals surface area contributed by atoms with E-state index in [2.05, 4.69) is 22.1 Å². The second-order valence-electron chi connectivity index (χ2n) is 8.11. The Morgan fingerprint density at radius 3 is 2.76 bits per heavy atom. The van der Waals surface area contributed by atoms with Crippen LogP contribution in [0, 0.1) is 6.92 Å². The number of rotatable bonds is 8. The van der Waals surface area contributed by atoms with Crippen LogP contribution in [0.3, 0.4) is 0 Å². The molecule has 4 rings (SSSR count). The minimum atomic E-state index is -0.169. The van der Waals surface area contributed by atoms with Crippen molar-refractivity contribution in [2.75, 3.05) is 17.6 Å². The fourth-order valence-electron chi connectivity index (χ4n) is 4.04. The van der Waals surface area contributed by atoms with Crippen LogP contribution in [-0.2, 0) is 11.3 Å². The number of nitrogens with zero attached hydrogens (tertiary/aromatic N) is 4. The fourth-order valence-corrected chi connectivity index (χ4v) is 4.92. The SMILES string of the molecule is C=CCn1c(SCC(=O)Nc2ccc(Cl)cc2)nnc1C1CCCN1C(=O)c1cccc(C)c1. The van der Waals surface area contributed by atoms with Gasteiger partial charge in [-0.1, -0.05) is 47.1 Å². The lowest BCUT2D eigenvalue weighted by atomic mass is 10.1. The van der Waals surface area contributed by atoms with Crippen molar-refractivity contribution < 1.29 is 9.59 Å². The van der Waals surface area contributed by atoms with Crippen LogP contribution in [0.2, 0.25) is 5.02 Å². The molecule has 0 aliphatic carbocycles. The highest BCUT2D eigenvalue weighted by atomic mass is 35.5. The van der Waals surface area contributed by atoms with Crippen molar-refractivity contribution in [1.29, 1.82) is 0 Å². The molecule has 2 heterocycles. The topological polar surface area (TPSA) is 80.1 Å². The number of halogens is 1. The Morgan fingerprint density at radius 2 is 2.03 bits per heavy atom. The molecule has 1 aliphatic heterocycles. The summed E-state index contributed by atoms with van der Waals surface area (Å²) < 4.78 is 1.94. The molecule has 1 aliphatic rings. The molecule has 176 valence electrons. The highest BCUT2D eigenvalue weighted by Crippen LogP contribution is 2.34. The summed E-state index contributed by atoms with van der Waals surface area (Å²) in [5.41, 5.74) is 2.40. The number of benzene rings is 2. The Kier molecular flexibility index (Phi) is 7.70. The van der Waals surface area contributed by atoms with Crippen molar-refractivity contribution in [1.82, 2.24) is 19.7 Å². The van der Waals surface area contributed by atoms with Gasteiger partial charge in [0.05, 0.1) is 11.8 Å². The highest BCUT2D eigenvalue weighted by Gasteiger charge is 2.34. The van der Waals surface area contributed by atoms with Gasteiger partial charge in [-0.3, -0.25) is 9.59 Å². The quantitative estimate of drug-likeness (QED) is 0.346. The molecule has 2 amide bonds. The first-order chi connectivity index (χ1) is 16.5. The number of nitrogens with one attached hydrogen (secondary N) is 1. The van der Waals surface area contributed by atoms with E-state index >= 15 is 0 Å². The molecule has 1 unspecified atom stereocenters. The maximum absolute atomic E-state index is 13.3. The molecule has 7 nitrogen and oxygen atoms in total. The minimum absolute atomic E-state index is 0.00380. The first kappa shape index (κ1) is 24.0. The zero-order valence-electron chi connectivity index (χ0n) is 18.9. The van der Waals surface area contributed by atoms with Crippen molar-refractivity contribution >= 4 is 40.9 Å². The zero-order chi connectivity index (χ0) is 24.1. The van der Waals surface area contributed by atoms with Crippen LogP contribution in [0.5, 0.6) is 0 Å². The van der Waals surface area contributed by atoms with Crippen molar-refractivity contribution in [3.63, 3.8) is 0 Å². The van der Waals surface area contributed by atoms with Crippen LogP contribution in [0.25, 0.3) is 0 Å². The summed E-state index contributed by atoms with van der Waals surface area (Å²) in [4.78, 5) is 27.6. The Hall–Kier alpha value is -3.10. The monoisotopic (exact) mass is 495 g/mol. The van der Waals surface area contributed by atoms with Crippen LogP contribution in [0.1, 0.15) is 40.6 Å². The van der Waals surface area contributed by atoms with Gasteiger partial charge in [-0.2, -0.15) is 0 Å². The molecule has 1 aromatic heterocycles. The van der Waals surface area contributed by atoms with Gasteiger partial charge in [-0.25, -0.2) is 0 Å². The average molecular weight is 496 g/mol. The van der Waals surface area contributed by atoms with Gasteiger partial charge in [0.1, 0.15) is 0 Å². The predicted octanol–water partition coefficient (Wildman–Crippen LogP) is 5.13. The van der Waals surface area contributed by atoms with E-state index in [9.17, 15) is 9.59 Å². The molecule has 34 heavy (non-hydrogen) atoms. The van der Waals surface area contributed by atoms with Crippen molar-refractivity contribution in [3.8, 4) is 0 Å². The summed E-state index contributed by atoms with van der Waals surface area (Å²) >= 11 is 7.20. The van der Waals surface area contributed by atoms with E-state index in [4.69, 9.17) is 11.6 Å². The second kappa shape index (κ2) is 10.9. The summed E-state index contributed by atoms with van der Waals surface area (Å²) in [5, 5.41) is 12.9. The maximum atomic E-state index is 13.3. The maximum Gasteiger partial charge on any atom is 0.254 e. The number of aryl methyl sites for hydroxylation is 1. The Labute approximate surface area is 208 Å².